The first-order valence-corrected chi connectivity index (χ1v) is 10.8. The van der Waals surface area contributed by atoms with Crippen molar-refractivity contribution in [2.24, 2.45) is 0 Å². The SMILES string of the molecule is CCN1C(=O)C(=Cc2cc(Br)c(OCc3ccccc3C#N)c(Br)c2)N(C)C1=S. The summed E-state index contributed by atoms with van der Waals surface area (Å²) in [6, 6.07) is 13.2. The smallest absolute Gasteiger partial charge is 0.276 e. The van der Waals surface area contributed by atoms with Gasteiger partial charge in [0.05, 0.1) is 20.6 Å². The summed E-state index contributed by atoms with van der Waals surface area (Å²) in [6.45, 7) is 2.69. The number of benzene rings is 2. The van der Waals surface area contributed by atoms with Crippen LogP contribution >= 0.6 is 44.1 Å². The zero-order chi connectivity index (χ0) is 21.1. The molecule has 1 heterocycles. The van der Waals surface area contributed by atoms with Crippen molar-refractivity contribution in [3.05, 3.63) is 67.7 Å². The van der Waals surface area contributed by atoms with E-state index in [0.717, 1.165) is 20.1 Å². The Morgan fingerprint density at radius 1 is 1.24 bits per heavy atom. The maximum atomic E-state index is 12.6. The predicted molar refractivity (Wildman–Crippen MR) is 123 cm³/mol. The summed E-state index contributed by atoms with van der Waals surface area (Å²) in [6.07, 6.45) is 1.80. The molecule has 0 N–H and O–H groups in total. The van der Waals surface area contributed by atoms with Crippen LogP contribution in [0.4, 0.5) is 0 Å². The van der Waals surface area contributed by atoms with Crippen LogP contribution < -0.4 is 4.74 Å². The van der Waals surface area contributed by atoms with Crippen LogP contribution in [0.1, 0.15) is 23.6 Å². The van der Waals surface area contributed by atoms with Gasteiger partial charge in [-0.05, 0) is 80.8 Å². The average molecular weight is 535 g/mol. The van der Waals surface area contributed by atoms with Crippen LogP contribution in [0.3, 0.4) is 0 Å². The molecule has 0 unspecified atom stereocenters. The number of carbonyl (C=O) groups is 1. The summed E-state index contributed by atoms with van der Waals surface area (Å²) in [5.74, 6) is 0.511. The van der Waals surface area contributed by atoms with Crippen LogP contribution in [0.2, 0.25) is 0 Å². The minimum atomic E-state index is -0.110. The lowest BCUT2D eigenvalue weighted by Gasteiger charge is -2.14. The standard InChI is InChI=1S/C21H17Br2N3O2S/c1-3-26-20(27)18(25(2)21(26)29)10-13-8-16(22)19(17(23)9-13)28-12-15-7-5-4-6-14(15)11-24/h4-10H,3,12H2,1-2H3. The summed E-state index contributed by atoms with van der Waals surface area (Å²) >= 11 is 12.4. The van der Waals surface area contributed by atoms with E-state index in [-0.39, 0.29) is 12.5 Å². The van der Waals surface area contributed by atoms with Gasteiger partial charge < -0.3 is 9.64 Å². The van der Waals surface area contributed by atoms with E-state index in [2.05, 4.69) is 37.9 Å². The van der Waals surface area contributed by atoms with Crippen molar-refractivity contribution in [1.82, 2.24) is 9.80 Å². The minimum absolute atomic E-state index is 0.110. The third-order valence-corrected chi connectivity index (χ3v) is 6.17. The number of hydrogen-bond acceptors (Lipinski definition) is 4. The summed E-state index contributed by atoms with van der Waals surface area (Å²) in [5, 5.41) is 9.72. The molecule has 1 saturated heterocycles. The molecule has 0 aliphatic carbocycles. The Hall–Kier alpha value is -2.21. The Morgan fingerprint density at radius 3 is 2.48 bits per heavy atom. The van der Waals surface area contributed by atoms with Crippen molar-refractivity contribution in [2.45, 2.75) is 13.5 Å². The Balaban J connectivity index is 1.86. The van der Waals surface area contributed by atoms with Gasteiger partial charge in [-0.25, -0.2) is 0 Å². The molecule has 1 aliphatic rings. The second-order valence-electron chi connectivity index (χ2n) is 6.29. The normalized spacial score (nSPS) is 15.2. The fourth-order valence-corrected chi connectivity index (χ4v) is 4.72. The average Bonchev–Trinajstić information content (AvgIpc) is 2.90. The molecule has 2 aromatic carbocycles. The van der Waals surface area contributed by atoms with Crippen molar-refractivity contribution in [3.63, 3.8) is 0 Å². The number of halogens is 2. The first-order chi connectivity index (χ1) is 13.9. The summed E-state index contributed by atoms with van der Waals surface area (Å²) in [4.78, 5) is 15.9. The molecule has 0 radical (unpaired) electrons. The number of thiocarbonyl (C=S) groups is 1. The minimum Gasteiger partial charge on any atom is -0.486 e. The monoisotopic (exact) mass is 533 g/mol. The number of nitrogens with zero attached hydrogens (tertiary/aromatic N) is 3. The lowest BCUT2D eigenvalue weighted by molar-refractivity contribution is -0.122. The summed E-state index contributed by atoms with van der Waals surface area (Å²) < 4.78 is 7.41. The molecule has 1 aliphatic heterocycles. The number of amides is 1. The van der Waals surface area contributed by atoms with E-state index >= 15 is 0 Å². The molecule has 29 heavy (non-hydrogen) atoms. The molecule has 2 aromatic rings. The largest absolute Gasteiger partial charge is 0.486 e. The molecule has 1 amide bonds. The Kier molecular flexibility index (Phi) is 6.73. The number of carbonyl (C=O) groups excluding carboxylic acids is 1. The molecule has 3 rings (SSSR count). The molecular formula is C21H17Br2N3O2S. The van der Waals surface area contributed by atoms with E-state index in [9.17, 15) is 10.1 Å². The Morgan fingerprint density at radius 2 is 1.90 bits per heavy atom. The predicted octanol–water partition coefficient (Wildman–Crippen LogP) is 5.08. The summed E-state index contributed by atoms with van der Waals surface area (Å²) in [7, 11) is 1.79. The van der Waals surface area contributed by atoms with Crippen molar-refractivity contribution >= 4 is 61.2 Å². The Labute approximate surface area is 191 Å². The highest BCUT2D eigenvalue weighted by atomic mass is 79.9. The second-order valence-corrected chi connectivity index (χ2v) is 8.37. The van der Waals surface area contributed by atoms with E-state index in [4.69, 9.17) is 17.0 Å². The number of likely N-dealkylation sites (N-methyl/N-ethyl adjacent to an activating group) is 2. The molecule has 0 spiro atoms. The zero-order valence-electron chi connectivity index (χ0n) is 15.8. The molecule has 8 heteroatoms. The maximum absolute atomic E-state index is 12.6. The van der Waals surface area contributed by atoms with Crippen LogP contribution in [0.25, 0.3) is 6.08 Å². The molecule has 5 nitrogen and oxygen atoms in total. The first-order valence-electron chi connectivity index (χ1n) is 8.78. The van der Waals surface area contributed by atoms with E-state index in [1.54, 1.807) is 29.0 Å². The number of rotatable bonds is 5. The molecule has 0 saturated carbocycles. The number of hydrogen-bond donors (Lipinski definition) is 0. The van der Waals surface area contributed by atoms with Gasteiger partial charge in [0.1, 0.15) is 18.1 Å². The van der Waals surface area contributed by atoms with Gasteiger partial charge in [-0.1, -0.05) is 18.2 Å². The van der Waals surface area contributed by atoms with Crippen molar-refractivity contribution in [3.8, 4) is 11.8 Å². The van der Waals surface area contributed by atoms with Gasteiger partial charge in [-0.3, -0.25) is 9.69 Å². The fourth-order valence-electron chi connectivity index (χ4n) is 2.95. The van der Waals surface area contributed by atoms with Gasteiger partial charge in [0, 0.05) is 19.2 Å². The molecule has 1 fully saturated rings. The third-order valence-electron chi connectivity index (χ3n) is 4.49. The highest BCUT2D eigenvalue weighted by Crippen LogP contribution is 2.36. The van der Waals surface area contributed by atoms with Crippen molar-refractivity contribution in [1.29, 1.82) is 5.26 Å². The summed E-state index contributed by atoms with van der Waals surface area (Å²) in [5.41, 5.74) is 2.74. The fraction of sp³-hybridized carbons (Fsp3) is 0.190. The quantitative estimate of drug-likeness (QED) is 0.395. The van der Waals surface area contributed by atoms with Crippen molar-refractivity contribution in [2.75, 3.05) is 13.6 Å². The molecule has 0 aromatic heterocycles. The van der Waals surface area contributed by atoms with E-state index in [1.807, 2.05) is 37.3 Å². The number of nitriles is 1. The molecule has 0 bridgehead atoms. The first kappa shape index (κ1) is 21.5. The van der Waals surface area contributed by atoms with E-state index < -0.39 is 0 Å². The van der Waals surface area contributed by atoms with E-state index in [1.165, 1.54) is 0 Å². The maximum Gasteiger partial charge on any atom is 0.276 e. The highest BCUT2D eigenvalue weighted by molar-refractivity contribution is 9.11. The van der Waals surface area contributed by atoms with Crippen LogP contribution in [0.15, 0.2) is 51.0 Å². The Bertz CT molecular complexity index is 1040. The van der Waals surface area contributed by atoms with Gasteiger partial charge in [0.25, 0.3) is 5.91 Å². The van der Waals surface area contributed by atoms with Gasteiger partial charge in [-0.15, -0.1) is 0 Å². The van der Waals surface area contributed by atoms with Gasteiger partial charge in [0.2, 0.25) is 0 Å². The molecule has 0 atom stereocenters. The number of ether oxygens (including phenoxy) is 1. The van der Waals surface area contributed by atoms with Crippen LogP contribution in [-0.2, 0) is 11.4 Å². The lowest BCUT2D eigenvalue weighted by Crippen LogP contribution is -2.30. The van der Waals surface area contributed by atoms with Crippen LogP contribution in [0, 0.1) is 11.3 Å². The zero-order valence-corrected chi connectivity index (χ0v) is 19.8. The molecular weight excluding hydrogens is 518 g/mol. The second kappa shape index (κ2) is 9.08. The highest BCUT2D eigenvalue weighted by Gasteiger charge is 2.34. The van der Waals surface area contributed by atoms with Crippen LogP contribution in [0.5, 0.6) is 5.75 Å². The van der Waals surface area contributed by atoms with E-state index in [0.29, 0.717) is 28.7 Å². The van der Waals surface area contributed by atoms with Gasteiger partial charge >= 0.3 is 0 Å². The topological polar surface area (TPSA) is 56.6 Å². The van der Waals surface area contributed by atoms with Crippen LogP contribution in [-0.4, -0.2) is 34.4 Å². The van der Waals surface area contributed by atoms with Gasteiger partial charge in [0.15, 0.2) is 5.11 Å². The molecule has 148 valence electrons. The third kappa shape index (κ3) is 4.37. The lowest BCUT2D eigenvalue weighted by atomic mass is 10.1. The van der Waals surface area contributed by atoms with Crippen molar-refractivity contribution < 1.29 is 9.53 Å². The van der Waals surface area contributed by atoms with Gasteiger partial charge in [-0.2, -0.15) is 5.26 Å².